The van der Waals surface area contributed by atoms with Crippen molar-refractivity contribution < 1.29 is 19.1 Å². The molecule has 4 aromatic rings. The number of aromatic nitrogens is 2. The summed E-state index contributed by atoms with van der Waals surface area (Å²) in [6, 6.07) is 17.4. The highest BCUT2D eigenvalue weighted by Crippen LogP contribution is 2.19. The smallest absolute Gasteiger partial charge is 0.274 e. The van der Waals surface area contributed by atoms with Gasteiger partial charge in [-0.15, -0.1) is 0 Å². The number of halogens is 1. The zero-order valence-electron chi connectivity index (χ0n) is 16.3. The van der Waals surface area contributed by atoms with E-state index in [-0.39, 0.29) is 23.6 Å². The first-order valence-corrected chi connectivity index (χ1v) is 9.56. The summed E-state index contributed by atoms with van der Waals surface area (Å²) in [6.07, 6.45) is 3.07. The van der Waals surface area contributed by atoms with Crippen LogP contribution in [0.15, 0.2) is 79.1 Å². The molecule has 31 heavy (non-hydrogen) atoms. The molecule has 0 spiro atoms. The summed E-state index contributed by atoms with van der Waals surface area (Å²) in [4.78, 5) is 29.5. The van der Waals surface area contributed by atoms with E-state index in [4.69, 9.17) is 0 Å². The third-order valence-electron chi connectivity index (χ3n) is 4.82. The molecule has 3 N–H and O–H groups in total. The predicted octanol–water partition coefficient (Wildman–Crippen LogP) is 3.19. The second-order valence-electron chi connectivity index (χ2n) is 6.84. The van der Waals surface area contributed by atoms with Gasteiger partial charge in [-0.25, -0.2) is 9.37 Å². The molecule has 4 rings (SSSR count). The number of anilines is 1. The molecule has 0 radical (unpaired) electrons. The molecular weight excluding hydrogens is 399 g/mol. The van der Waals surface area contributed by atoms with Gasteiger partial charge in [0.1, 0.15) is 17.2 Å². The Labute approximate surface area is 177 Å². The Morgan fingerprint density at radius 1 is 1.03 bits per heavy atom. The lowest BCUT2D eigenvalue weighted by atomic mass is 10.1. The van der Waals surface area contributed by atoms with E-state index in [9.17, 15) is 19.1 Å². The van der Waals surface area contributed by atoms with Crippen LogP contribution >= 0.6 is 0 Å². The minimum Gasteiger partial charge on any atom is -0.394 e. The molecule has 0 saturated heterocycles. The minimum atomic E-state index is -0.680. The van der Waals surface area contributed by atoms with Gasteiger partial charge in [-0.1, -0.05) is 36.4 Å². The molecule has 0 aliphatic carbocycles. The largest absolute Gasteiger partial charge is 0.394 e. The lowest BCUT2D eigenvalue weighted by Gasteiger charge is -2.17. The van der Waals surface area contributed by atoms with Crippen molar-refractivity contribution in [2.24, 2.45) is 0 Å². The zero-order chi connectivity index (χ0) is 21.8. The van der Waals surface area contributed by atoms with E-state index in [1.54, 1.807) is 53.1 Å². The van der Waals surface area contributed by atoms with Gasteiger partial charge in [0, 0.05) is 11.8 Å². The molecule has 0 bridgehead atoms. The number of pyridine rings is 1. The van der Waals surface area contributed by atoms with Crippen LogP contribution in [0.2, 0.25) is 0 Å². The number of nitrogens with one attached hydrogen (secondary N) is 2. The number of benzene rings is 2. The molecule has 0 unspecified atom stereocenters. The molecule has 2 aromatic heterocycles. The van der Waals surface area contributed by atoms with Gasteiger partial charge in [0.15, 0.2) is 0 Å². The number of fused-ring (bicyclic) bond motifs is 1. The van der Waals surface area contributed by atoms with Gasteiger partial charge in [-0.3, -0.25) is 14.0 Å². The Kier molecular flexibility index (Phi) is 5.72. The summed E-state index contributed by atoms with van der Waals surface area (Å²) in [5.74, 6) is -1.75. The van der Waals surface area contributed by atoms with Crippen molar-refractivity contribution in [3.05, 3.63) is 102 Å². The van der Waals surface area contributed by atoms with Crippen molar-refractivity contribution in [2.45, 2.75) is 6.04 Å². The second-order valence-corrected chi connectivity index (χ2v) is 6.84. The van der Waals surface area contributed by atoms with Crippen molar-refractivity contribution in [1.29, 1.82) is 0 Å². The monoisotopic (exact) mass is 418 g/mol. The normalized spacial score (nSPS) is 11.8. The SMILES string of the molecule is O=C(N[C@H](CO)c1ccccc1)c1ccc(F)c(NC(=O)c2cnc3ccccn23)c1. The third kappa shape index (κ3) is 4.29. The number of hydrogen-bond acceptors (Lipinski definition) is 4. The highest BCUT2D eigenvalue weighted by molar-refractivity contribution is 6.04. The van der Waals surface area contributed by atoms with Gasteiger partial charge in [-0.2, -0.15) is 0 Å². The molecule has 0 fully saturated rings. The number of aliphatic hydroxyl groups is 1. The average Bonchev–Trinajstić information content (AvgIpc) is 3.23. The van der Waals surface area contributed by atoms with Crippen molar-refractivity contribution in [2.75, 3.05) is 11.9 Å². The number of aliphatic hydroxyl groups excluding tert-OH is 1. The number of imidazole rings is 1. The number of hydrogen-bond donors (Lipinski definition) is 3. The quantitative estimate of drug-likeness (QED) is 0.448. The number of rotatable bonds is 6. The van der Waals surface area contributed by atoms with Crippen molar-refractivity contribution in [1.82, 2.24) is 14.7 Å². The van der Waals surface area contributed by atoms with Crippen LogP contribution in [-0.4, -0.2) is 32.9 Å². The first-order chi connectivity index (χ1) is 15.1. The molecule has 8 heteroatoms. The highest BCUT2D eigenvalue weighted by Gasteiger charge is 2.18. The van der Waals surface area contributed by atoms with Crippen LogP contribution in [-0.2, 0) is 0 Å². The fourth-order valence-corrected chi connectivity index (χ4v) is 3.21. The molecule has 0 aliphatic rings. The highest BCUT2D eigenvalue weighted by atomic mass is 19.1. The van der Waals surface area contributed by atoms with Gasteiger partial charge in [0.25, 0.3) is 11.8 Å². The molecule has 0 aliphatic heterocycles. The first-order valence-electron chi connectivity index (χ1n) is 9.56. The molecular formula is C23H19FN4O3. The maximum Gasteiger partial charge on any atom is 0.274 e. The zero-order valence-corrected chi connectivity index (χ0v) is 16.3. The lowest BCUT2D eigenvalue weighted by Crippen LogP contribution is -2.30. The van der Waals surface area contributed by atoms with Gasteiger partial charge in [-0.05, 0) is 35.9 Å². The lowest BCUT2D eigenvalue weighted by molar-refractivity contribution is 0.0915. The van der Waals surface area contributed by atoms with Crippen LogP contribution in [0, 0.1) is 5.82 Å². The van der Waals surface area contributed by atoms with Crippen molar-refractivity contribution in [3.63, 3.8) is 0 Å². The van der Waals surface area contributed by atoms with Gasteiger partial charge >= 0.3 is 0 Å². The first kappa shape index (κ1) is 20.2. The number of nitrogens with zero attached hydrogens (tertiary/aromatic N) is 2. The molecule has 2 amide bonds. The van der Waals surface area contributed by atoms with Crippen LogP contribution in [0.5, 0.6) is 0 Å². The maximum atomic E-state index is 14.3. The number of amides is 2. The van der Waals surface area contributed by atoms with E-state index in [1.807, 2.05) is 6.07 Å². The van der Waals surface area contributed by atoms with E-state index in [1.165, 1.54) is 18.3 Å². The van der Waals surface area contributed by atoms with E-state index in [0.29, 0.717) is 5.65 Å². The summed E-state index contributed by atoms with van der Waals surface area (Å²) in [6.45, 7) is -0.297. The fourth-order valence-electron chi connectivity index (χ4n) is 3.21. The van der Waals surface area contributed by atoms with Gasteiger partial charge < -0.3 is 15.7 Å². The third-order valence-corrected chi connectivity index (χ3v) is 4.82. The summed E-state index contributed by atoms with van der Waals surface area (Å²) < 4.78 is 15.9. The van der Waals surface area contributed by atoms with Crippen LogP contribution < -0.4 is 10.6 Å². The minimum absolute atomic E-state index is 0.135. The van der Waals surface area contributed by atoms with Crippen LogP contribution in [0.25, 0.3) is 5.65 Å². The van der Waals surface area contributed by atoms with E-state index >= 15 is 0 Å². The van der Waals surface area contributed by atoms with Gasteiger partial charge in [0.05, 0.1) is 24.5 Å². The Hall–Kier alpha value is -4.04. The topological polar surface area (TPSA) is 95.7 Å². The summed E-state index contributed by atoms with van der Waals surface area (Å²) in [7, 11) is 0. The van der Waals surface area contributed by atoms with Crippen molar-refractivity contribution >= 4 is 23.1 Å². The maximum absolute atomic E-state index is 14.3. The summed E-state index contributed by atoms with van der Waals surface area (Å²) in [5.41, 5.74) is 1.56. The Bertz CT molecular complexity index is 1240. The molecule has 0 saturated carbocycles. The molecule has 156 valence electrons. The number of carbonyl (C=O) groups excluding carboxylic acids is 2. The van der Waals surface area contributed by atoms with E-state index in [2.05, 4.69) is 15.6 Å². The predicted molar refractivity (Wildman–Crippen MR) is 113 cm³/mol. The van der Waals surface area contributed by atoms with E-state index in [0.717, 1.165) is 11.6 Å². The van der Waals surface area contributed by atoms with E-state index < -0.39 is 23.7 Å². The summed E-state index contributed by atoms with van der Waals surface area (Å²) >= 11 is 0. The van der Waals surface area contributed by atoms with Gasteiger partial charge in [0.2, 0.25) is 0 Å². The van der Waals surface area contributed by atoms with Crippen LogP contribution in [0.3, 0.4) is 0 Å². The Morgan fingerprint density at radius 2 is 1.81 bits per heavy atom. The molecule has 7 nitrogen and oxygen atoms in total. The Morgan fingerprint density at radius 3 is 2.58 bits per heavy atom. The van der Waals surface area contributed by atoms with Crippen molar-refractivity contribution in [3.8, 4) is 0 Å². The average molecular weight is 418 g/mol. The van der Waals surface area contributed by atoms with Crippen LogP contribution in [0.4, 0.5) is 10.1 Å². The second kappa shape index (κ2) is 8.76. The Balaban J connectivity index is 1.54. The molecule has 1 atom stereocenters. The number of carbonyl (C=O) groups is 2. The fraction of sp³-hybridized carbons (Fsp3) is 0.0870. The molecule has 2 heterocycles. The van der Waals surface area contributed by atoms with Crippen LogP contribution in [0.1, 0.15) is 32.5 Å². The molecule has 2 aromatic carbocycles. The standard InChI is InChI=1S/C23H19FN4O3/c24-17-10-9-16(22(30)27-19(14-29)15-6-2-1-3-7-15)12-18(17)26-23(31)20-13-25-21-8-4-5-11-28(20)21/h1-13,19,29H,14H2,(H,26,31)(H,27,30)/t19-/m1/s1. The summed E-state index contributed by atoms with van der Waals surface area (Å²) in [5, 5.41) is 14.9.